The van der Waals surface area contributed by atoms with Gasteiger partial charge in [0.15, 0.2) is 9.84 Å². The van der Waals surface area contributed by atoms with Gasteiger partial charge in [0.25, 0.3) is 0 Å². The number of nitrogens with zero attached hydrogens (tertiary/aromatic N) is 1. The molecule has 1 amide bonds. The number of hydrogen-bond donors (Lipinski definition) is 1. The highest BCUT2D eigenvalue weighted by atomic mass is 32.2. The summed E-state index contributed by atoms with van der Waals surface area (Å²) in [7, 11) is -2.00. The normalized spacial score (nSPS) is 12.2. The molecule has 0 aliphatic carbocycles. The van der Waals surface area contributed by atoms with E-state index in [0.29, 0.717) is 5.69 Å². The van der Waals surface area contributed by atoms with Crippen LogP contribution in [0.4, 0.5) is 5.69 Å². The molecule has 1 rings (SSSR count). The number of phenolic OH excluding ortho intramolecular Hbond substituents is 1. The van der Waals surface area contributed by atoms with Crippen LogP contribution in [0.5, 0.6) is 5.75 Å². The Balaban J connectivity index is 3.09. The van der Waals surface area contributed by atoms with Crippen LogP contribution in [0.2, 0.25) is 0 Å². The molecule has 0 aromatic heterocycles. The molecule has 0 spiro atoms. The van der Waals surface area contributed by atoms with Crippen LogP contribution in [0.3, 0.4) is 0 Å². The van der Waals surface area contributed by atoms with Gasteiger partial charge in [-0.1, -0.05) is 0 Å². The molecule has 0 unspecified atom stereocenters. The van der Waals surface area contributed by atoms with Crippen molar-refractivity contribution in [3.63, 3.8) is 0 Å². The van der Waals surface area contributed by atoms with Gasteiger partial charge < -0.3 is 10.0 Å². The first-order valence-electron chi connectivity index (χ1n) is 5.34. The third-order valence-electron chi connectivity index (χ3n) is 2.98. The monoisotopic (exact) mass is 271 g/mol. The van der Waals surface area contributed by atoms with Crippen LogP contribution >= 0.6 is 0 Å². The van der Waals surface area contributed by atoms with Crippen molar-refractivity contribution in [1.29, 1.82) is 0 Å². The van der Waals surface area contributed by atoms with Crippen molar-refractivity contribution >= 4 is 21.4 Å². The van der Waals surface area contributed by atoms with Gasteiger partial charge in [0.1, 0.15) is 10.5 Å². The largest absolute Gasteiger partial charge is 0.508 e. The van der Waals surface area contributed by atoms with E-state index in [2.05, 4.69) is 0 Å². The third kappa shape index (κ3) is 2.64. The van der Waals surface area contributed by atoms with Crippen molar-refractivity contribution in [2.45, 2.75) is 18.6 Å². The van der Waals surface area contributed by atoms with Crippen LogP contribution in [0.1, 0.15) is 13.8 Å². The fourth-order valence-electron chi connectivity index (χ4n) is 1.36. The van der Waals surface area contributed by atoms with E-state index in [-0.39, 0.29) is 5.75 Å². The molecule has 100 valence electrons. The summed E-state index contributed by atoms with van der Waals surface area (Å²) in [6.07, 6.45) is 1.04. The average Bonchev–Trinajstić information content (AvgIpc) is 2.26. The van der Waals surface area contributed by atoms with Gasteiger partial charge in [-0.25, -0.2) is 8.42 Å². The van der Waals surface area contributed by atoms with Gasteiger partial charge in [0, 0.05) is 19.0 Å². The summed E-state index contributed by atoms with van der Waals surface area (Å²) >= 11 is 0. The second kappa shape index (κ2) is 4.61. The molecule has 1 N–H and O–H groups in total. The van der Waals surface area contributed by atoms with Gasteiger partial charge in [-0.2, -0.15) is 0 Å². The summed E-state index contributed by atoms with van der Waals surface area (Å²) in [5.74, 6) is -0.433. The first-order valence-corrected chi connectivity index (χ1v) is 7.23. The Kier molecular flexibility index (Phi) is 3.71. The van der Waals surface area contributed by atoms with E-state index in [9.17, 15) is 13.2 Å². The molecule has 1 aromatic carbocycles. The number of carbonyl (C=O) groups excluding carboxylic acids is 1. The van der Waals surface area contributed by atoms with E-state index >= 15 is 0 Å². The third-order valence-corrected chi connectivity index (χ3v) is 5.01. The highest BCUT2D eigenvalue weighted by Gasteiger charge is 2.40. The Labute approximate surface area is 107 Å². The van der Waals surface area contributed by atoms with Gasteiger partial charge in [0.2, 0.25) is 5.91 Å². The Bertz CT molecular complexity index is 546. The topological polar surface area (TPSA) is 74.7 Å². The Morgan fingerprint density at radius 2 is 1.67 bits per heavy atom. The predicted molar refractivity (Wildman–Crippen MR) is 70.4 cm³/mol. The number of anilines is 1. The smallest absolute Gasteiger partial charge is 0.247 e. The van der Waals surface area contributed by atoms with Gasteiger partial charge in [-0.3, -0.25) is 4.79 Å². The van der Waals surface area contributed by atoms with Crippen LogP contribution in [0.25, 0.3) is 0 Å². The average molecular weight is 271 g/mol. The first-order chi connectivity index (χ1) is 8.07. The molecular formula is C12H17NO4S. The number of aromatic hydroxyl groups is 1. The van der Waals surface area contributed by atoms with E-state index in [0.717, 1.165) is 6.26 Å². The Morgan fingerprint density at radius 3 is 2.06 bits per heavy atom. The van der Waals surface area contributed by atoms with Gasteiger partial charge >= 0.3 is 0 Å². The van der Waals surface area contributed by atoms with Gasteiger partial charge in [-0.15, -0.1) is 0 Å². The standard InChI is InChI=1S/C12H17NO4S/c1-12(2,18(4,16)17)11(15)13(3)9-5-7-10(14)8-6-9/h5-8,14H,1-4H3. The van der Waals surface area contributed by atoms with Crippen LogP contribution in [0, 0.1) is 0 Å². The molecule has 0 saturated carbocycles. The lowest BCUT2D eigenvalue weighted by Crippen LogP contribution is -2.48. The van der Waals surface area contributed by atoms with Crippen molar-refractivity contribution in [2.75, 3.05) is 18.2 Å². The SMILES string of the molecule is CN(C(=O)C(C)(C)S(C)(=O)=O)c1ccc(O)cc1. The lowest BCUT2D eigenvalue weighted by atomic mass is 10.1. The van der Waals surface area contributed by atoms with E-state index in [1.165, 1.54) is 37.9 Å². The second-order valence-corrected chi connectivity index (χ2v) is 7.23. The van der Waals surface area contributed by atoms with Crippen LogP contribution < -0.4 is 4.90 Å². The summed E-state index contributed by atoms with van der Waals surface area (Å²) in [5.41, 5.74) is 0.523. The van der Waals surface area contributed by atoms with E-state index in [1.54, 1.807) is 12.1 Å². The number of hydrogen-bond acceptors (Lipinski definition) is 4. The number of benzene rings is 1. The number of carbonyl (C=O) groups is 1. The summed E-state index contributed by atoms with van der Waals surface area (Å²) in [5, 5.41) is 9.17. The summed E-state index contributed by atoms with van der Waals surface area (Å²) < 4.78 is 21.7. The molecule has 18 heavy (non-hydrogen) atoms. The minimum absolute atomic E-state index is 0.0852. The predicted octanol–water partition coefficient (Wildman–Crippen LogP) is 1.18. The fraction of sp³-hybridized carbons (Fsp3) is 0.417. The quantitative estimate of drug-likeness (QED) is 0.895. The summed E-state index contributed by atoms with van der Waals surface area (Å²) in [6, 6.07) is 5.97. The van der Waals surface area contributed by atoms with Crippen molar-refractivity contribution in [2.24, 2.45) is 0 Å². The van der Waals surface area contributed by atoms with E-state index < -0.39 is 20.5 Å². The zero-order valence-corrected chi connectivity index (χ0v) is 11.7. The molecule has 0 aliphatic rings. The van der Waals surface area contributed by atoms with E-state index in [4.69, 9.17) is 5.11 Å². The molecule has 0 aliphatic heterocycles. The molecule has 1 aromatic rings. The number of sulfone groups is 1. The maximum atomic E-state index is 12.2. The minimum Gasteiger partial charge on any atom is -0.508 e. The number of amides is 1. The zero-order chi connectivity index (χ0) is 14.1. The van der Waals surface area contributed by atoms with Crippen LogP contribution in [-0.2, 0) is 14.6 Å². The highest BCUT2D eigenvalue weighted by molar-refractivity contribution is 7.92. The summed E-state index contributed by atoms with van der Waals surface area (Å²) in [6.45, 7) is 2.75. The number of phenols is 1. The van der Waals surface area contributed by atoms with Crippen molar-refractivity contribution in [3.8, 4) is 5.75 Å². The maximum absolute atomic E-state index is 12.2. The van der Waals surface area contributed by atoms with Gasteiger partial charge in [-0.05, 0) is 38.1 Å². The molecule has 0 heterocycles. The van der Waals surface area contributed by atoms with Crippen molar-refractivity contribution in [3.05, 3.63) is 24.3 Å². The number of rotatable bonds is 3. The highest BCUT2D eigenvalue weighted by Crippen LogP contribution is 2.23. The lowest BCUT2D eigenvalue weighted by Gasteiger charge is -2.27. The van der Waals surface area contributed by atoms with Crippen LogP contribution in [-0.4, -0.2) is 37.5 Å². The molecular weight excluding hydrogens is 254 g/mol. The van der Waals surface area contributed by atoms with Crippen LogP contribution in [0.15, 0.2) is 24.3 Å². The Hall–Kier alpha value is -1.56. The molecule has 6 heteroatoms. The molecule has 0 atom stereocenters. The first kappa shape index (κ1) is 14.5. The second-order valence-electron chi connectivity index (χ2n) is 4.66. The van der Waals surface area contributed by atoms with Crippen molar-refractivity contribution in [1.82, 2.24) is 0 Å². The lowest BCUT2D eigenvalue weighted by molar-refractivity contribution is -0.120. The minimum atomic E-state index is -3.50. The molecule has 0 fully saturated rings. The molecule has 0 radical (unpaired) electrons. The molecule has 0 bridgehead atoms. The van der Waals surface area contributed by atoms with Gasteiger partial charge in [0.05, 0.1) is 0 Å². The fourth-order valence-corrected chi connectivity index (χ4v) is 1.81. The summed E-state index contributed by atoms with van der Waals surface area (Å²) in [4.78, 5) is 13.4. The molecule has 5 nitrogen and oxygen atoms in total. The maximum Gasteiger partial charge on any atom is 0.247 e. The zero-order valence-electron chi connectivity index (χ0n) is 10.8. The van der Waals surface area contributed by atoms with Crippen molar-refractivity contribution < 1.29 is 18.3 Å². The molecule has 0 saturated heterocycles. The van der Waals surface area contributed by atoms with E-state index in [1.807, 2.05) is 0 Å². The Morgan fingerprint density at radius 1 is 1.22 bits per heavy atom.